The monoisotopic (exact) mass is 458 g/mol. The van der Waals surface area contributed by atoms with Crippen molar-refractivity contribution in [3.8, 4) is 0 Å². The molecule has 0 spiro atoms. The predicted octanol–water partition coefficient (Wildman–Crippen LogP) is 3.61. The number of alkyl halides is 2. The molecule has 0 bridgehead atoms. The van der Waals surface area contributed by atoms with Crippen LogP contribution in [-0.4, -0.2) is 56.1 Å². The fourth-order valence-corrected chi connectivity index (χ4v) is 3.78. The summed E-state index contributed by atoms with van der Waals surface area (Å²) in [5.41, 5.74) is 0.817. The maximum Gasteiger partial charge on any atom is 0.255 e. The van der Waals surface area contributed by atoms with Crippen LogP contribution in [0.4, 0.5) is 26.0 Å². The number of amides is 1. The summed E-state index contributed by atoms with van der Waals surface area (Å²) in [6.45, 7) is 2.34. The summed E-state index contributed by atoms with van der Waals surface area (Å²) in [6, 6.07) is 7.20. The van der Waals surface area contributed by atoms with E-state index in [1.807, 2.05) is 24.4 Å². The fourth-order valence-electron chi connectivity index (χ4n) is 3.78. The molecule has 4 rings (SSSR count). The number of fused-ring (bicyclic) bond motifs is 1. The Morgan fingerprint density at radius 2 is 2.15 bits per heavy atom. The zero-order valence-electron chi connectivity index (χ0n) is 18.6. The van der Waals surface area contributed by atoms with Gasteiger partial charge in [-0.1, -0.05) is 0 Å². The first-order valence-electron chi connectivity index (χ1n) is 10.9. The van der Waals surface area contributed by atoms with Crippen molar-refractivity contribution in [2.75, 3.05) is 17.2 Å². The lowest BCUT2D eigenvalue weighted by Crippen LogP contribution is -2.42. The number of halogens is 2. The third-order valence-electron chi connectivity index (χ3n) is 5.76. The summed E-state index contributed by atoms with van der Waals surface area (Å²) in [7, 11) is 0. The number of rotatable bonds is 8. The summed E-state index contributed by atoms with van der Waals surface area (Å²) in [5, 5.41) is 22.9. The molecular formula is C23H28F2N6O2. The predicted molar refractivity (Wildman–Crippen MR) is 122 cm³/mol. The molecule has 10 heteroatoms. The molecule has 0 aromatic carbocycles. The van der Waals surface area contributed by atoms with E-state index in [0.717, 1.165) is 11.2 Å². The Balaban J connectivity index is 1.55. The van der Waals surface area contributed by atoms with Gasteiger partial charge in [0.05, 0.1) is 28.9 Å². The summed E-state index contributed by atoms with van der Waals surface area (Å²) >= 11 is 0. The van der Waals surface area contributed by atoms with Gasteiger partial charge in [0.2, 0.25) is 0 Å². The molecular weight excluding hydrogens is 430 g/mol. The molecule has 1 aliphatic carbocycles. The quantitative estimate of drug-likeness (QED) is 0.411. The summed E-state index contributed by atoms with van der Waals surface area (Å²) < 4.78 is 29.5. The summed E-state index contributed by atoms with van der Waals surface area (Å²) in [4.78, 5) is 17.1. The van der Waals surface area contributed by atoms with Crippen molar-refractivity contribution in [1.82, 2.24) is 19.9 Å². The third-order valence-corrected chi connectivity index (χ3v) is 5.76. The molecule has 3 heterocycles. The largest absolute Gasteiger partial charge is 0.387 e. The molecule has 3 aromatic rings. The van der Waals surface area contributed by atoms with Crippen LogP contribution in [0.15, 0.2) is 42.9 Å². The van der Waals surface area contributed by atoms with Crippen molar-refractivity contribution in [1.29, 1.82) is 0 Å². The second kappa shape index (κ2) is 9.30. The summed E-state index contributed by atoms with van der Waals surface area (Å²) in [5.74, 6) is -0.0357. The Morgan fingerprint density at radius 1 is 1.33 bits per heavy atom. The number of carbonyl (C=O) groups excluding carboxylic acids is 1. The first kappa shape index (κ1) is 22.9. The van der Waals surface area contributed by atoms with Crippen LogP contribution in [0, 0.1) is 0 Å². The van der Waals surface area contributed by atoms with E-state index in [4.69, 9.17) is 0 Å². The molecule has 3 aromatic heterocycles. The molecule has 33 heavy (non-hydrogen) atoms. The number of aliphatic hydroxyl groups is 1. The van der Waals surface area contributed by atoms with E-state index in [1.165, 1.54) is 20.0 Å². The molecule has 2 unspecified atom stereocenters. The molecule has 1 fully saturated rings. The van der Waals surface area contributed by atoms with Crippen LogP contribution < -0.4 is 16.0 Å². The third kappa shape index (κ3) is 5.57. The van der Waals surface area contributed by atoms with E-state index in [-0.39, 0.29) is 18.2 Å². The molecule has 1 saturated carbocycles. The number of pyridine rings is 2. The first-order valence-corrected chi connectivity index (χ1v) is 10.9. The maximum atomic E-state index is 14.1. The molecule has 8 nitrogen and oxygen atoms in total. The van der Waals surface area contributed by atoms with Crippen LogP contribution in [0.1, 0.15) is 43.5 Å². The molecule has 1 amide bonds. The molecule has 1 aliphatic rings. The lowest BCUT2D eigenvalue weighted by atomic mass is 10.0. The van der Waals surface area contributed by atoms with E-state index < -0.39 is 23.9 Å². The number of hydrogen-bond donors (Lipinski definition) is 4. The van der Waals surface area contributed by atoms with Gasteiger partial charge in [0.25, 0.3) is 5.91 Å². The van der Waals surface area contributed by atoms with Crippen molar-refractivity contribution >= 4 is 28.6 Å². The van der Waals surface area contributed by atoms with Crippen molar-refractivity contribution in [2.24, 2.45) is 0 Å². The van der Waals surface area contributed by atoms with Gasteiger partial charge in [0, 0.05) is 36.4 Å². The fraction of sp³-hybridized carbons (Fsp3) is 0.435. The topological polar surface area (TPSA) is 104 Å². The van der Waals surface area contributed by atoms with Gasteiger partial charge >= 0.3 is 0 Å². The average Bonchev–Trinajstić information content (AvgIpc) is 3.39. The van der Waals surface area contributed by atoms with Gasteiger partial charge in [-0.05, 0) is 51.3 Å². The highest BCUT2D eigenvalue weighted by Gasteiger charge is 2.28. The van der Waals surface area contributed by atoms with Gasteiger partial charge < -0.3 is 21.1 Å². The smallest absolute Gasteiger partial charge is 0.255 e. The molecule has 176 valence electrons. The number of anilines is 3. The van der Waals surface area contributed by atoms with Gasteiger partial charge in [0.15, 0.2) is 0 Å². The average molecular weight is 459 g/mol. The van der Waals surface area contributed by atoms with E-state index in [1.54, 1.807) is 16.8 Å². The summed E-state index contributed by atoms with van der Waals surface area (Å²) in [6.07, 6.45) is 3.88. The first-order chi connectivity index (χ1) is 15.7. The van der Waals surface area contributed by atoms with E-state index in [2.05, 4.69) is 26.0 Å². The number of carbonyl (C=O) groups is 1. The lowest BCUT2D eigenvalue weighted by Gasteiger charge is -2.23. The zero-order valence-corrected chi connectivity index (χ0v) is 18.6. The Morgan fingerprint density at radius 3 is 2.88 bits per heavy atom. The van der Waals surface area contributed by atoms with Gasteiger partial charge in [-0.15, -0.1) is 0 Å². The van der Waals surface area contributed by atoms with Crippen LogP contribution in [0.5, 0.6) is 0 Å². The van der Waals surface area contributed by atoms with Gasteiger partial charge in [-0.25, -0.2) is 18.3 Å². The molecule has 0 radical (unpaired) electrons. The van der Waals surface area contributed by atoms with Crippen LogP contribution in [0.25, 0.3) is 5.52 Å². The Labute approximate surface area is 190 Å². The van der Waals surface area contributed by atoms with Crippen LogP contribution in [0.3, 0.4) is 0 Å². The van der Waals surface area contributed by atoms with E-state index in [0.29, 0.717) is 30.8 Å². The minimum absolute atomic E-state index is 0.116. The highest BCUT2D eigenvalue weighted by molar-refractivity contribution is 6.00. The molecule has 3 atom stereocenters. The van der Waals surface area contributed by atoms with Crippen LogP contribution in [-0.2, 0) is 0 Å². The second-order valence-electron chi connectivity index (χ2n) is 8.94. The normalized spacial score (nSPS) is 19.4. The Kier molecular flexibility index (Phi) is 6.46. The Hall–Kier alpha value is -3.27. The van der Waals surface area contributed by atoms with Gasteiger partial charge in [-0.3, -0.25) is 4.79 Å². The highest BCUT2D eigenvalue weighted by atomic mass is 19.1. The number of nitrogens with one attached hydrogen (secondary N) is 3. The van der Waals surface area contributed by atoms with Gasteiger partial charge in [-0.2, -0.15) is 5.10 Å². The molecule has 4 N–H and O–H groups in total. The van der Waals surface area contributed by atoms with Crippen LogP contribution >= 0.6 is 0 Å². The lowest BCUT2D eigenvalue weighted by molar-refractivity contribution is -0.00177. The number of hydrogen-bond acceptors (Lipinski definition) is 6. The van der Waals surface area contributed by atoms with Crippen molar-refractivity contribution in [3.63, 3.8) is 0 Å². The standard InChI is InChI=1S/C23H28F2N6O2/c1-23(2,33)20(25)13-27-22(32)18-12-26-21(11-19(18)29-15-4-3-14(24)9-15)30-16-6-8-31-17(10-16)5-7-28-31/h5-8,10-12,14-15,20,33H,3-4,9,13H2,1-2H3,(H,27,32)(H2,26,29,30)/t14?,15?,20-/m1/s1. The zero-order chi connectivity index (χ0) is 23.6. The number of nitrogens with zero attached hydrogens (tertiary/aromatic N) is 3. The minimum atomic E-state index is -1.63. The molecule has 0 saturated heterocycles. The minimum Gasteiger partial charge on any atom is -0.387 e. The van der Waals surface area contributed by atoms with Crippen molar-refractivity contribution in [3.05, 3.63) is 48.4 Å². The van der Waals surface area contributed by atoms with Gasteiger partial charge in [0.1, 0.15) is 18.2 Å². The number of aromatic nitrogens is 3. The van der Waals surface area contributed by atoms with Crippen LogP contribution in [0.2, 0.25) is 0 Å². The van der Waals surface area contributed by atoms with E-state index in [9.17, 15) is 18.7 Å². The van der Waals surface area contributed by atoms with Crippen molar-refractivity contribution < 1.29 is 18.7 Å². The second-order valence-corrected chi connectivity index (χ2v) is 8.94. The highest BCUT2D eigenvalue weighted by Crippen LogP contribution is 2.29. The Bertz CT molecular complexity index is 1130. The molecule has 0 aliphatic heterocycles. The van der Waals surface area contributed by atoms with E-state index >= 15 is 0 Å². The maximum absolute atomic E-state index is 14.1. The van der Waals surface area contributed by atoms with Crippen molar-refractivity contribution in [2.45, 2.75) is 57.1 Å². The SMILES string of the molecule is CC(C)(O)[C@H](F)CNC(=O)c1cnc(Nc2ccn3nccc3c2)cc1NC1CCC(F)C1.